The summed E-state index contributed by atoms with van der Waals surface area (Å²) in [4.78, 5) is 14.7. The van der Waals surface area contributed by atoms with Crippen LogP contribution in [0.3, 0.4) is 0 Å². The Morgan fingerprint density at radius 3 is 2.22 bits per heavy atom. The van der Waals surface area contributed by atoms with E-state index in [0.29, 0.717) is 30.4 Å². The van der Waals surface area contributed by atoms with Gasteiger partial charge >= 0.3 is 7.75 Å². The Balaban J connectivity index is 0. The molecule has 0 aliphatic rings. The van der Waals surface area contributed by atoms with Gasteiger partial charge in [0.15, 0.2) is 0 Å². The van der Waals surface area contributed by atoms with Crippen LogP contribution in [0, 0.1) is 0 Å². The number of rotatable bonds is 11. The predicted molar refractivity (Wildman–Crippen MR) is 89.2 cm³/mol. The zero-order valence-corrected chi connectivity index (χ0v) is 17.8. The van der Waals surface area contributed by atoms with Crippen LogP contribution in [-0.2, 0) is 14.1 Å². The normalized spacial score (nSPS) is 15.6. The number of hydrogen-bond acceptors (Lipinski definition) is 4. The third-order valence-corrected chi connectivity index (χ3v) is 5.43. The predicted octanol–water partition coefficient (Wildman–Crippen LogP) is -0.155. The largest absolute Gasteiger partial charge is 1.00 e. The highest BCUT2D eigenvalue weighted by molar-refractivity contribution is 7.50. The molecule has 0 aliphatic carbocycles. The molecular formula is C12H29Cl3N3O4P. The van der Waals surface area contributed by atoms with E-state index in [2.05, 4.69) is 4.67 Å². The first kappa shape index (κ1) is 26.1. The SMILES string of the molecule is CN(CC[N+](C)(C)C)P(=O)(O)OOCCCC(C)(C)N(Cl)Cl.[Cl-]. The number of halogens is 3. The van der Waals surface area contributed by atoms with Crippen LogP contribution < -0.4 is 12.4 Å². The van der Waals surface area contributed by atoms with Crippen LogP contribution >= 0.6 is 31.3 Å². The Hall–Kier alpha value is 0.860. The number of nitrogens with zero attached hydrogens (tertiary/aromatic N) is 3. The summed E-state index contributed by atoms with van der Waals surface area (Å²) < 4.78 is 19.7. The second-order valence-electron chi connectivity index (χ2n) is 6.93. The van der Waals surface area contributed by atoms with Crippen LogP contribution in [0.15, 0.2) is 0 Å². The molecule has 1 unspecified atom stereocenters. The van der Waals surface area contributed by atoms with Crippen molar-refractivity contribution in [2.24, 2.45) is 0 Å². The molecule has 0 rings (SSSR count). The molecule has 0 bridgehead atoms. The van der Waals surface area contributed by atoms with Crippen molar-refractivity contribution >= 4 is 31.3 Å². The molecular weight excluding hydrogens is 387 g/mol. The molecule has 1 N–H and O–H groups in total. The maximum absolute atomic E-state index is 12.0. The van der Waals surface area contributed by atoms with Gasteiger partial charge in [-0.15, -0.1) is 8.61 Å². The lowest BCUT2D eigenvalue weighted by atomic mass is 10.0. The molecule has 0 amide bonds. The molecule has 1 atom stereocenters. The second kappa shape index (κ2) is 10.8. The van der Waals surface area contributed by atoms with E-state index >= 15 is 0 Å². The topological polar surface area (TPSA) is 62.2 Å². The van der Waals surface area contributed by atoms with Crippen molar-refractivity contribution in [3.63, 3.8) is 0 Å². The Labute approximate surface area is 156 Å². The average molecular weight is 417 g/mol. The first-order valence-electron chi connectivity index (χ1n) is 7.06. The van der Waals surface area contributed by atoms with Gasteiger partial charge in [-0.05, 0) is 57.3 Å². The highest BCUT2D eigenvalue weighted by atomic mass is 35.5. The van der Waals surface area contributed by atoms with Crippen molar-refractivity contribution in [3.05, 3.63) is 0 Å². The minimum atomic E-state index is -3.93. The van der Waals surface area contributed by atoms with Gasteiger partial charge in [0.1, 0.15) is 0 Å². The van der Waals surface area contributed by atoms with Crippen LogP contribution in [0.1, 0.15) is 26.7 Å². The van der Waals surface area contributed by atoms with Crippen molar-refractivity contribution in [1.29, 1.82) is 0 Å². The van der Waals surface area contributed by atoms with E-state index in [4.69, 9.17) is 28.4 Å². The molecule has 0 aromatic heterocycles. The van der Waals surface area contributed by atoms with Crippen molar-refractivity contribution < 1.29 is 35.9 Å². The molecule has 142 valence electrons. The quantitative estimate of drug-likeness (QED) is 0.126. The fourth-order valence-electron chi connectivity index (χ4n) is 1.38. The van der Waals surface area contributed by atoms with Gasteiger partial charge in [0.25, 0.3) is 0 Å². The lowest BCUT2D eigenvalue weighted by Crippen LogP contribution is -3.00. The standard InChI is InChI=1S/C12H28Cl2N3O4P.ClH/c1-12(2,16(13)14)8-7-11-20-21-22(18,19)15(3)9-10-17(4,5)6;/h7-11H2,1-6H3;1H. The maximum atomic E-state index is 12.0. The number of likely N-dealkylation sites (N-methyl/N-ethyl adjacent to an activating group) is 2. The van der Waals surface area contributed by atoms with E-state index in [9.17, 15) is 9.46 Å². The molecule has 0 aromatic carbocycles. The van der Waals surface area contributed by atoms with E-state index in [-0.39, 0.29) is 19.0 Å². The third-order valence-electron chi connectivity index (χ3n) is 3.15. The Morgan fingerprint density at radius 1 is 1.26 bits per heavy atom. The fraction of sp³-hybridized carbons (Fsp3) is 1.00. The van der Waals surface area contributed by atoms with Gasteiger partial charge in [-0.25, -0.2) is 14.1 Å². The summed E-state index contributed by atoms with van der Waals surface area (Å²) in [5, 5.41) is 0. The van der Waals surface area contributed by atoms with Gasteiger partial charge in [0.05, 0.1) is 40.8 Å². The van der Waals surface area contributed by atoms with Gasteiger partial charge in [-0.1, -0.05) is 0 Å². The molecule has 23 heavy (non-hydrogen) atoms. The minimum absolute atomic E-state index is 0. The van der Waals surface area contributed by atoms with E-state index in [0.717, 1.165) is 3.94 Å². The molecule has 0 saturated heterocycles. The maximum Gasteiger partial charge on any atom is 0.432 e. The van der Waals surface area contributed by atoms with Crippen molar-refractivity contribution in [2.75, 3.05) is 47.9 Å². The van der Waals surface area contributed by atoms with Crippen LogP contribution in [0.5, 0.6) is 0 Å². The molecule has 0 aromatic rings. The van der Waals surface area contributed by atoms with Gasteiger partial charge in [-0.2, -0.15) is 0 Å². The molecule has 0 heterocycles. The van der Waals surface area contributed by atoms with Crippen molar-refractivity contribution in [1.82, 2.24) is 8.61 Å². The summed E-state index contributed by atoms with van der Waals surface area (Å²) in [5.41, 5.74) is -0.406. The van der Waals surface area contributed by atoms with E-state index in [1.54, 1.807) is 0 Å². The zero-order valence-electron chi connectivity index (χ0n) is 14.6. The molecule has 7 nitrogen and oxygen atoms in total. The summed E-state index contributed by atoms with van der Waals surface area (Å²) in [6.07, 6.45) is 1.24. The number of hydrogen-bond donors (Lipinski definition) is 1. The molecule has 0 spiro atoms. The molecule has 11 heteroatoms. The summed E-state index contributed by atoms with van der Waals surface area (Å²) in [5.74, 6) is 0. The molecule has 0 radical (unpaired) electrons. The summed E-state index contributed by atoms with van der Waals surface area (Å²) in [6.45, 7) is 5.06. The lowest BCUT2D eigenvalue weighted by Gasteiger charge is -2.28. The molecule has 0 fully saturated rings. The van der Waals surface area contributed by atoms with Gasteiger partial charge in [0, 0.05) is 5.54 Å². The van der Waals surface area contributed by atoms with Gasteiger partial charge in [0.2, 0.25) is 0 Å². The Morgan fingerprint density at radius 2 is 1.78 bits per heavy atom. The zero-order chi connectivity index (χ0) is 17.6. The summed E-state index contributed by atoms with van der Waals surface area (Å²) in [7, 11) is 3.62. The van der Waals surface area contributed by atoms with E-state index in [1.165, 1.54) is 11.7 Å². The van der Waals surface area contributed by atoms with Gasteiger partial charge in [-0.3, -0.25) is 0 Å². The van der Waals surface area contributed by atoms with E-state index < -0.39 is 13.3 Å². The van der Waals surface area contributed by atoms with Crippen LogP contribution in [0.4, 0.5) is 0 Å². The first-order chi connectivity index (χ1) is 9.78. The minimum Gasteiger partial charge on any atom is -1.00 e. The average Bonchev–Trinajstić information content (AvgIpc) is 2.34. The van der Waals surface area contributed by atoms with Crippen LogP contribution in [0.2, 0.25) is 0 Å². The Bertz CT molecular complexity index is 381. The van der Waals surface area contributed by atoms with Crippen molar-refractivity contribution in [3.8, 4) is 0 Å². The van der Waals surface area contributed by atoms with Crippen LogP contribution in [0.25, 0.3) is 0 Å². The van der Waals surface area contributed by atoms with Crippen LogP contribution in [-0.4, -0.2) is 71.4 Å². The first-order valence-corrected chi connectivity index (χ1v) is 9.26. The summed E-state index contributed by atoms with van der Waals surface area (Å²) >= 11 is 11.4. The highest BCUT2D eigenvalue weighted by Gasteiger charge is 2.29. The summed E-state index contributed by atoms with van der Waals surface area (Å²) in [6, 6.07) is 0. The highest BCUT2D eigenvalue weighted by Crippen LogP contribution is 2.45. The third kappa shape index (κ3) is 11.9. The second-order valence-corrected chi connectivity index (χ2v) is 9.59. The van der Waals surface area contributed by atoms with Crippen molar-refractivity contribution in [2.45, 2.75) is 32.2 Å². The molecule has 0 saturated carbocycles. The molecule has 0 aliphatic heterocycles. The lowest BCUT2D eigenvalue weighted by molar-refractivity contribution is -0.869. The fourth-order valence-corrected chi connectivity index (χ4v) is 2.22. The van der Waals surface area contributed by atoms with Gasteiger partial charge < -0.3 is 21.8 Å². The smallest absolute Gasteiger partial charge is 0.432 e. The van der Waals surface area contributed by atoms with E-state index in [1.807, 2.05) is 35.0 Å². The Kier molecular flexibility index (Phi) is 12.2. The number of quaternary nitrogens is 1. The monoisotopic (exact) mass is 415 g/mol.